The Kier molecular flexibility index (Phi) is 6.17. The van der Waals surface area contributed by atoms with Crippen LogP contribution in [0.5, 0.6) is 0 Å². The number of hydrogen-bond donors (Lipinski definition) is 1. The molecule has 0 bridgehead atoms. The second-order valence-corrected chi connectivity index (χ2v) is 7.70. The second kappa shape index (κ2) is 6.93. The van der Waals surface area contributed by atoms with Crippen LogP contribution in [0.25, 0.3) is 0 Å². The van der Waals surface area contributed by atoms with Crippen molar-refractivity contribution in [1.82, 2.24) is 5.32 Å². The molecule has 1 heteroatoms. The smallest absolute Gasteiger partial charge is 0.00967 e. The molecular weight excluding hydrogens is 218 g/mol. The molecule has 1 nitrogen and oxygen atoms in total. The number of nitrogens with one attached hydrogen (secondary N) is 1. The molecule has 1 saturated carbocycles. The summed E-state index contributed by atoms with van der Waals surface area (Å²) in [5.74, 6) is 0.999. The molecule has 0 saturated heterocycles. The van der Waals surface area contributed by atoms with Gasteiger partial charge in [-0.05, 0) is 51.4 Å². The van der Waals surface area contributed by atoms with E-state index in [0.29, 0.717) is 5.41 Å². The third-order valence-corrected chi connectivity index (χ3v) is 4.44. The zero-order valence-corrected chi connectivity index (χ0v) is 13.4. The van der Waals surface area contributed by atoms with Crippen LogP contribution < -0.4 is 5.32 Å². The second-order valence-electron chi connectivity index (χ2n) is 7.70. The van der Waals surface area contributed by atoms with Crippen molar-refractivity contribution < 1.29 is 0 Å². The molecule has 108 valence electrons. The molecule has 0 spiro atoms. The van der Waals surface area contributed by atoms with Crippen molar-refractivity contribution in [2.45, 2.75) is 91.5 Å². The van der Waals surface area contributed by atoms with E-state index < -0.39 is 0 Å². The molecule has 0 aromatic heterocycles. The van der Waals surface area contributed by atoms with Gasteiger partial charge in [-0.1, -0.05) is 46.0 Å². The van der Waals surface area contributed by atoms with Crippen LogP contribution in [0, 0.1) is 11.3 Å². The van der Waals surface area contributed by atoms with Crippen molar-refractivity contribution >= 4 is 0 Å². The maximum atomic E-state index is 3.74. The summed E-state index contributed by atoms with van der Waals surface area (Å²) < 4.78 is 0. The van der Waals surface area contributed by atoms with Gasteiger partial charge in [-0.15, -0.1) is 0 Å². The van der Waals surface area contributed by atoms with E-state index in [4.69, 9.17) is 0 Å². The Bertz CT molecular complexity index is 224. The Morgan fingerprint density at radius 2 is 1.56 bits per heavy atom. The fourth-order valence-electron chi connectivity index (χ4n) is 2.82. The lowest BCUT2D eigenvalue weighted by molar-refractivity contribution is 0.205. The normalized spacial score (nSPS) is 19.8. The fraction of sp³-hybridized carbons (Fsp3) is 1.00. The van der Waals surface area contributed by atoms with Crippen LogP contribution in [-0.4, -0.2) is 12.1 Å². The van der Waals surface area contributed by atoms with Crippen molar-refractivity contribution in [2.24, 2.45) is 11.3 Å². The topological polar surface area (TPSA) is 12.0 Å². The standard InChI is InChI=1S/C17H35N/c1-6-7-8-9-10-13-17(5,15-11-12-15)14-18-16(2,3)4/h15,18H,6-14H2,1-5H3. The lowest BCUT2D eigenvalue weighted by Crippen LogP contribution is -2.43. The molecule has 1 atom stereocenters. The number of unbranched alkanes of at least 4 members (excludes halogenated alkanes) is 4. The SMILES string of the molecule is CCCCCCCC(C)(CNC(C)(C)C)C1CC1. The molecule has 0 radical (unpaired) electrons. The summed E-state index contributed by atoms with van der Waals surface area (Å²) in [6.45, 7) is 12.9. The van der Waals surface area contributed by atoms with Gasteiger partial charge >= 0.3 is 0 Å². The molecule has 1 aliphatic carbocycles. The molecule has 0 aromatic rings. The summed E-state index contributed by atoms with van der Waals surface area (Å²) in [5, 5.41) is 3.74. The zero-order chi connectivity index (χ0) is 13.6. The first kappa shape index (κ1) is 16.0. The Hall–Kier alpha value is -0.0400. The third kappa shape index (κ3) is 6.22. The minimum atomic E-state index is 0.262. The van der Waals surface area contributed by atoms with Crippen molar-refractivity contribution in [2.75, 3.05) is 6.54 Å². The Labute approximate surface area is 115 Å². The van der Waals surface area contributed by atoms with Crippen LogP contribution in [0.4, 0.5) is 0 Å². The number of hydrogen-bond acceptors (Lipinski definition) is 1. The Balaban J connectivity index is 2.29. The van der Waals surface area contributed by atoms with Gasteiger partial charge in [0.05, 0.1) is 0 Å². The molecule has 1 aliphatic rings. The summed E-state index contributed by atoms with van der Waals surface area (Å²) >= 11 is 0. The third-order valence-electron chi connectivity index (χ3n) is 4.44. The maximum Gasteiger partial charge on any atom is 0.00967 e. The van der Waals surface area contributed by atoms with E-state index in [9.17, 15) is 0 Å². The van der Waals surface area contributed by atoms with E-state index in [1.807, 2.05) is 0 Å². The zero-order valence-electron chi connectivity index (χ0n) is 13.4. The number of rotatable bonds is 9. The van der Waals surface area contributed by atoms with Gasteiger partial charge in [-0.3, -0.25) is 0 Å². The molecule has 1 fully saturated rings. The highest BCUT2D eigenvalue weighted by molar-refractivity contribution is 4.93. The first-order chi connectivity index (χ1) is 8.37. The molecule has 0 amide bonds. The lowest BCUT2D eigenvalue weighted by atomic mass is 9.79. The predicted octanol–water partition coefficient (Wildman–Crippen LogP) is 5.15. The minimum absolute atomic E-state index is 0.262. The highest BCUT2D eigenvalue weighted by Gasteiger charge is 2.40. The molecule has 0 aliphatic heterocycles. The average molecular weight is 253 g/mol. The van der Waals surface area contributed by atoms with Crippen LogP contribution in [0.1, 0.15) is 86.0 Å². The van der Waals surface area contributed by atoms with Crippen LogP contribution in [-0.2, 0) is 0 Å². The minimum Gasteiger partial charge on any atom is -0.312 e. The van der Waals surface area contributed by atoms with E-state index in [0.717, 1.165) is 5.92 Å². The molecular formula is C17H35N. The Morgan fingerprint density at radius 1 is 0.944 bits per heavy atom. The van der Waals surface area contributed by atoms with Crippen molar-refractivity contribution in [3.05, 3.63) is 0 Å². The average Bonchev–Trinajstić information content (AvgIpc) is 3.09. The summed E-state index contributed by atoms with van der Waals surface area (Å²) in [5.41, 5.74) is 0.817. The van der Waals surface area contributed by atoms with Crippen molar-refractivity contribution in [3.63, 3.8) is 0 Å². The first-order valence-electron chi connectivity index (χ1n) is 8.12. The predicted molar refractivity (Wildman–Crippen MR) is 82.0 cm³/mol. The van der Waals surface area contributed by atoms with Gasteiger partial charge < -0.3 is 5.32 Å². The molecule has 1 unspecified atom stereocenters. The van der Waals surface area contributed by atoms with Gasteiger partial charge in [-0.2, -0.15) is 0 Å². The van der Waals surface area contributed by atoms with Gasteiger partial charge in [0.15, 0.2) is 0 Å². The van der Waals surface area contributed by atoms with Crippen LogP contribution in [0.3, 0.4) is 0 Å². The van der Waals surface area contributed by atoms with E-state index in [2.05, 4.69) is 39.9 Å². The maximum absolute atomic E-state index is 3.74. The lowest BCUT2D eigenvalue weighted by Gasteiger charge is -2.34. The first-order valence-corrected chi connectivity index (χ1v) is 8.12. The van der Waals surface area contributed by atoms with Crippen molar-refractivity contribution in [3.8, 4) is 0 Å². The monoisotopic (exact) mass is 253 g/mol. The molecule has 0 heterocycles. The van der Waals surface area contributed by atoms with Gasteiger partial charge in [0.1, 0.15) is 0 Å². The fourth-order valence-corrected chi connectivity index (χ4v) is 2.82. The van der Waals surface area contributed by atoms with Gasteiger partial charge in [0.25, 0.3) is 0 Å². The summed E-state index contributed by atoms with van der Waals surface area (Å²) in [7, 11) is 0. The molecule has 0 aromatic carbocycles. The highest BCUT2D eigenvalue weighted by atomic mass is 15.0. The molecule has 1 rings (SSSR count). The van der Waals surface area contributed by atoms with E-state index in [-0.39, 0.29) is 5.54 Å². The Morgan fingerprint density at radius 3 is 2.06 bits per heavy atom. The largest absolute Gasteiger partial charge is 0.312 e. The van der Waals surface area contributed by atoms with Crippen LogP contribution >= 0.6 is 0 Å². The van der Waals surface area contributed by atoms with Crippen molar-refractivity contribution in [1.29, 1.82) is 0 Å². The van der Waals surface area contributed by atoms with E-state index in [1.54, 1.807) is 0 Å². The summed E-state index contributed by atoms with van der Waals surface area (Å²) in [4.78, 5) is 0. The summed E-state index contributed by atoms with van der Waals surface area (Å²) in [6, 6.07) is 0. The van der Waals surface area contributed by atoms with E-state index >= 15 is 0 Å². The van der Waals surface area contributed by atoms with Gasteiger partial charge in [0.2, 0.25) is 0 Å². The van der Waals surface area contributed by atoms with E-state index in [1.165, 1.54) is 57.9 Å². The quantitative estimate of drug-likeness (QED) is 0.560. The van der Waals surface area contributed by atoms with Gasteiger partial charge in [0, 0.05) is 12.1 Å². The van der Waals surface area contributed by atoms with Crippen LogP contribution in [0.15, 0.2) is 0 Å². The van der Waals surface area contributed by atoms with Gasteiger partial charge in [-0.25, -0.2) is 0 Å². The molecule has 18 heavy (non-hydrogen) atoms. The summed E-state index contributed by atoms with van der Waals surface area (Å²) in [6.07, 6.45) is 11.4. The van der Waals surface area contributed by atoms with Crippen LogP contribution in [0.2, 0.25) is 0 Å². The highest BCUT2D eigenvalue weighted by Crippen LogP contribution is 2.48. The molecule has 1 N–H and O–H groups in total.